The van der Waals surface area contributed by atoms with Crippen LogP contribution in [0.1, 0.15) is 61.8 Å². The van der Waals surface area contributed by atoms with E-state index in [1.54, 1.807) is 17.0 Å². The predicted octanol–water partition coefficient (Wildman–Crippen LogP) is 8.82. The largest absolute Gasteiger partial charge is 0.494 e. The van der Waals surface area contributed by atoms with E-state index in [-0.39, 0.29) is 11.5 Å². The number of amides is 1. The summed E-state index contributed by atoms with van der Waals surface area (Å²) in [5.74, 6) is -0.458. The number of benzene rings is 3. The number of carboxylic acids is 1. The highest BCUT2D eigenvalue weighted by Gasteiger charge is 2.33. The van der Waals surface area contributed by atoms with Crippen LogP contribution in [0.3, 0.4) is 0 Å². The molecule has 0 saturated carbocycles. The van der Waals surface area contributed by atoms with E-state index in [1.165, 1.54) is 0 Å². The quantitative estimate of drug-likeness (QED) is 0.155. The minimum absolute atomic E-state index is 0.163. The number of aromatic nitrogens is 4. The first-order valence-electron chi connectivity index (χ1n) is 16.4. The van der Waals surface area contributed by atoms with E-state index in [9.17, 15) is 14.7 Å². The Morgan fingerprint density at radius 3 is 2.45 bits per heavy atom. The van der Waals surface area contributed by atoms with Crippen molar-refractivity contribution in [2.24, 2.45) is 7.05 Å². The third kappa shape index (κ3) is 5.55. The average Bonchev–Trinajstić information content (AvgIpc) is 3.67. The second-order valence-electron chi connectivity index (χ2n) is 12.9. The summed E-state index contributed by atoms with van der Waals surface area (Å²) in [6.07, 6.45) is 3.72. The molecule has 4 heterocycles. The average molecular weight is 699 g/mol. The molecule has 6 aromatic rings. The Balaban J connectivity index is 1.36. The number of aryl methyl sites for hydroxylation is 7. The first kappa shape index (κ1) is 32.8. The maximum Gasteiger partial charge on any atom is 0.336 e. The summed E-state index contributed by atoms with van der Waals surface area (Å²) in [6.45, 7) is 9.29. The molecule has 49 heavy (non-hydrogen) atoms. The van der Waals surface area contributed by atoms with Gasteiger partial charge in [0, 0.05) is 64.6 Å². The molecule has 2 N–H and O–H groups in total. The normalized spacial score (nSPS) is 13.4. The summed E-state index contributed by atoms with van der Waals surface area (Å²) in [6, 6.07) is 13.1. The van der Waals surface area contributed by atoms with Gasteiger partial charge in [-0.1, -0.05) is 29.3 Å². The molecule has 252 valence electrons. The molecule has 0 atom stereocenters. The van der Waals surface area contributed by atoms with E-state index in [0.717, 1.165) is 66.4 Å². The summed E-state index contributed by atoms with van der Waals surface area (Å²) >= 11 is 13.4. The Morgan fingerprint density at radius 1 is 1.00 bits per heavy atom. The molecule has 1 aliphatic rings. The number of H-pyrrole nitrogens is 1. The Kier molecular flexibility index (Phi) is 8.45. The summed E-state index contributed by atoms with van der Waals surface area (Å²) in [5, 5.41) is 20.6. The molecule has 3 aromatic carbocycles. The monoisotopic (exact) mass is 697 g/mol. The summed E-state index contributed by atoms with van der Waals surface area (Å²) in [5.41, 5.74) is 9.26. The highest BCUT2D eigenvalue weighted by molar-refractivity contribution is 6.35. The molecule has 3 aromatic heterocycles. The number of ether oxygens (including phenoxy) is 1. The molecule has 0 saturated heterocycles. The number of nitrogens with zero attached hydrogens (tertiary/aromatic N) is 4. The van der Waals surface area contributed by atoms with Crippen molar-refractivity contribution in [3.63, 3.8) is 0 Å². The Bertz CT molecular complexity index is 2270. The lowest BCUT2D eigenvalue weighted by Gasteiger charge is -2.22. The van der Waals surface area contributed by atoms with Crippen LogP contribution in [0.25, 0.3) is 32.9 Å². The Morgan fingerprint density at radius 2 is 1.76 bits per heavy atom. The zero-order valence-electron chi connectivity index (χ0n) is 28.1. The van der Waals surface area contributed by atoms with Crippen molar-refractivity contribution in [1.82, 2.24) is 19.3 Å². The van der Waals surface area contributed by atoms with Crippen LogP contribution in [-0.4, -0.2) is 49.5 Å². The summed E-state index contributed by atoms with van der Waals surface area (Å²) in [4.78, 5) is 29.0. The number of aromatic carboxylic acids is 1. The lowest BCUT2D eigenvalue weighted by atomic mass is 9.98. The molecule has 0 spiro atoms. The number of hydrogen-bond acceptors (Lipinski definition) is 4. The topological polar surface area (TPSA) is 105 Å². The zero-order chi connectivity index (χ0) is 34.7. The zero-order valence-corrected chi connectivity index (χ0v) is 29.6. The van der Waals surface area contributed by atoms with Crippen molar-refractivity contribution in [3.8, 4) is 16.9 Å². The van der Waals surface area contributed by atoms with Gasteiger partial charge in [0.15, 0.2) is 0 Å². The second-order valence-corrected chi connectivity index (χ2v) is 13.7. The number of fused-ring (bicyclic) bond motifs is 4. The Labute approximate surface area is 294 Å². The van der Waals surface area contributed by atoms with Crippen molar-refractivity contribution in [1.29, 1.82) is 0 Å². The number of aromatic amines is 1. The third-order valence-corrected chi connectivity index (χ3v) is 10.6. The first-order chi connectivity index (χ1) is 23.5. The van der Waals surface area contributed by atoms with E-state index >= 15 is 0 Å². The van der Waals surface area contributed by atoms with Crippen molar-refractivity contribution in [2.75, 3.05) is 18.1 Å². The van der Waals surface area contributed by atoms with Crippen LogP contribution >= 0.6 is 23.2 Å². The molecule has 0 bridgehead atoms. The maximum atomic E-state index is 14.9. The second kappa shape index (κ2) is 12.6. The van der Waals surface area contributed by atoms with E-state index in [0.29, 0.717) is 60.7 Å². The molecule has 9 nitrogen and oxygen atoms in total. The van der Waals surface area contributed by atoms with Crippen molar-refractivity contribution in [3.05, 3.63) is 98.0 Å². The van der Waals surface area contributed by atoms with Crippen LogP contribution in [-0.2, 0) is 20.0 Å². The number of nitrogens with one attached hydrogen (secondary N) is 1. The van der Waals surface area contributed by atoms with Crippen LogP contribution in [0.5, 0.6) is 5.75 Å². The number of carboxylic acid groups (broad SMARTS) is 1. The van der Waals surface area contributed by atoms with Gasteiger partial charge in [0.25, 0.3) is 5.91 Å². The molecular formula is C38H37Cl2N5O4. The van der Waals surface area contributed by atoms with Crippen molar-refractivity contribution in [2.45, 2.75) is 53.5 Å². The van der Waals surface area contributed by atoms with E-state index in [4.69, 9.17) is 27.9 Å². The van der Waals surface area contributed by atoms with Crippen molar-refractivity contribution < 1.29 is 19.4 Å². The van der Waals surface area contributed by atoms with Crippen LogP contribution < -0.4 is 9.64 Å². The lowest BCUT2D eigenvalue weighted by molar-refractivity contribution is 0.0698. The predicted molar refractivity (Wildman–Crippen MR) is 195 cm³/mol. The molecule has 0 radical (unpaired) electrons. The fourth-order valence-electron chi connectivity index (χ4n) is 7.35. The number of carbonyl (C=O) groups excluding carboxylic acids is 1. The van der Waals surface area contributed by atoms with Gasteiger partial charge in [-0.05, 0) is 100 Å². The van der Waals surface area contributed by atoms with Gasteiger partial charge in [-0.2, -0.15) is 5.10 Å². The number of hydrogen-bond donors (Lipinski definition) is 2. The fourth-order valence-corrected chi connectivity index (χ4v) is 7.71. The molecule has 0 fully saturated rings. The van der Waals surface area contributed by atoms with E-state index < -0.39 is 5.97 Å². The van der Waals surface area contributed by atoms with Crippen molar-refractivity contribution >= 4 is 62.6 Å². The Hall–Kier alpha value is -4.73. The molecule has 1 amide bonds. The smallest absolute Gasteiger partial charge is 0.336 e. The third-order valence-electron chi connectivity index (χ3n) is 9.65. The van der Waals surface area contributed by atoms with E-state index in [2.05, 4.69) is 14.8 Å². The van der Waals surface area contributed by atoms with Gasteiger partial charge in [-0.3, -0.25) is 9.89 Å². The van der Waals surface area contributed by atoms with E-state index in [1.807, 2.05) is 75.8 Å². The van der Waals surface area contributed by atoms with Gasteiger partial charge < -0.3 is 23.9 Å². The van der Waals surface area contributed by atoms with Crippen LogP contribution in [0.2, 0.25) is 10.0 Å². The SMILES string of the molecule is Cc1cc(OCCCc2c3n(c4c(-c5c(C)n[nH]c5C)c(Cl)ccc24)CCCN(c2cc(C(=O)O)c4ccn(C)c4c2)C3=O)cc(C)c1Cl. The number of rotatable bonds is 8. The van der Waals surface area contributed by atoms with Gasteiger partial charge >= 0.3 is 5.97 Å². The summed E-state index contributed by atoms with van der Waals surface area (Å²) < 4.78 is 10.2. The van der Waals surface area contributed by atoms with Crippen LogP contribution in [0.15, 0.2) is 48.7 Å². The molecule has 1 aliphatic heterocycles. The molecule has 0 aliphatic carbocycles. The molecular weight excluding hydrogens is 661 g/mol. The van der Waals surface area contributed by atoms with Gasteiger partial charge in [0.2, 0.25) is 0 Å². The fraction of sp³-hybridized carbons (Fsp3) is 0.289. The highest BCUT2D eigenvalue weighted by atomic mass is 35.5. The van der Waals surface area contributed by atoms with Gasteiger partial charge in [-0.25, -0.2) is 4.79 Å². The minimum Gasteiger partial charge on any atom is -0.494 e. The maximum absolute atomic E-state index is 14.9. The summed E-state index contributed by atoms with van der Waals surface area (Å²) in [7, 11) is 1.87. The van der Waals surface area contributed by atoms with Crippen LogP contribution in [0.4, 0.5) is 5.69 Å². The van der Waals surface area contributed by atoms with Gasteiger partial charge in [0.05, 0.1) is 33.9 Å². The van der Waals surface area contributed by atoms with Gasteiger partial charge in [-0.15, -0.1) is 0 Å². The highest BCUT2D eigenvalue weighted by Crippen LogP contribution is 2.43. The number of carbonyl (C=O) groups is 2. The van der Waals surface area contributed by atoms with Crippen LogP contribution in [0, 0.1) is 27.7 Å². The number of halogens is 2. The standard InChI is InChI=1S/C38H37Cl2N5O4/c1-20-16-25(17-21(2)34(20)40)49-15-6-8-27-28-9-10-30(39)33(32-22(3)41-42-23(32)4)35(28)45-13-7-12-44(37(46)36(27)45)24-18-29(38(47)48)26-11-14-43(5)31(26)19-24/h9-11,14,16-19H,6-8,12-13,15H2,1-5H3,(H,41,42)(H,47,48). The molecule has 0 unspecified atom stereocenters. The number of anilines is 1. The lowest BCUT2D eigenvalue weighted by Crippen LogP contribution is -2.32. The minimum atomic E-state index is -1.04. The van der Waals surface area contributed by atoms with Gasteiger partial charge in [0.1, 0.15) is 11.4 Å². The first-order valence-corrected chi connectivity index (χ1v) is 17.1. The molecule has 11 heteroatoms. The molecule has 7 rings (SSSR count).